The molecule has 2 aromatic heterocycles. The molecule has 2 atom stereocenters. The topological polar surface area (TPSA) is 16.3 Å². The van der Waals surface area contributed by atoms with Crippen LogP contribution in [0.3, 0.4) is 0 Å². The first kappa shape index (κ1) is 64.9. The third kappa shape index (κ3) is 9.94. The van der Waals surface area contributed by atoms with E-state index < -0.39 is 0 Å². The summed E-state index contributed by atoms with van der Waals surface area (Å²) in [6.07, 6.45) is 12.0. The first-order valence-corrected chi connectivity index (χ1v) is 39.3. The van der Waals surface area contributed by atoms with Crippen LogP contribution in [0.5, 0.6) is 0 Å². The lowest BCUT2D eigenvalue weighted by Gasteiger charge is -2.46. The van der Waals surface area contributed by atoms with Crippen molar-refractivity contribution in [3.05, 3.63) is 391 Å². The van der Waals surface area contributed by atoms with Crippen LogP contribution in [0.4, 0.5) is 34.1 Å². The minimum atomic E-state index is -0.311. The Kier molecular flexibility index (Phi) is 14.4. The van der Waals surface area contributed by atoms with Crippen molar-refractivity contribution in [2.45, 2.75) is 58.3 Å². The fraction of sp³-hybridized carbons (Fsp3) is 0.0943. The summed E-state index contributed by atoms with van der Waals surface area (Å²) in [7, 11) is 0. The van der Waals surface area contributed by atoms with Crippen LogP contribution in [-0.2, 0) is 10.8 Å². The van der Waals surface area contributed by atoms with Gasteiger partial charge in [-0.25, -0.2) is 0 Å². The highest BCUT2D eigenvalue weighted by molar-refractivity contribution is 7.00. The Morgan fingerprint density at radius 3 is 1.23 bits per heavy atom. The highest BCUT2D eigenvalue weighted by Gasteiger charge is 2.48. The van der Waals surface area contributed by atoms with Gasteiger partial charge in [0, 0.05) is 84.1 Å². The maximum atomic E-state index is 2.75. The lowest BCUT2D eigenvalue weighted by Crippen LogP contribution is -2.61. The largest absolute Gasteiger partial charge is 0.310 e. The van der Waals surface area contributed by atoms with Gasteiger partial charge in [-0.1, -0.05) is 321 Å². The Morgan fingerprint density at radius 2 is 0.748 bits per heavy atom. The van der Waals surface area contributed by atoms with Crippen LogP contribution < -0.4 is 26.2 Å². The maximum Gasteiger partial charge on any atom is 0.252 e. The van der Waals surface area contributed by atoms with Crippen LogP contribution in [-0.4, -0.2) is 15.8 Å². The second kappa shape index (κ2) is 24.7. The molecule has 0 saturated heterocycles. The summed E-state index contributed by atoms with van der Waals surface area (Å²) >= 11 is 0. The number of fused-ring (bicyclic) bond motifs is 12. The predicted octanol–water partition coefficient (Wildman–Crippen LogP) is 26.1. The van der Waals surface area contributed by atoms with Gasteiger partial charge in [-0.05, 0) is 184 Å². The van der Waals surface area contributed by atoms with Crippen molar-refractivity contribution >= 4 is 123 Å². The van der Waals surface area contributed by atoms with E-state index in [9.17, 15) is 0 Å². The summed E-state index contributed by atoms with van der Waals surface area (Å²) in [4.78, 5) is 5.50. The number of nitrogens with zero attached hydrogens (tertiary/aromatic N) is 4. The molecular weight excluding hydrogens is 1340 g/mol. The van der Waals surface area contributed by atoms with Crippen LogP contribution in [0.1, 0.15) is 75.3 Å². The highest BCUT2D eigenvalue weighted by Crippen LogP contribution is 2.60. The first-order valence-electron chi connectivity index (χ1n) is 39.3. The van der Waals surface area contributed by atoms with Gasteiger partial charge in [0.05, 0.1) is 39.1 Å². The van der Waals surface area contributed by atoms with E-state index in [4.69, 9.17) is 0 Å². The van der Waals surface area contributed by atoms with Gasteiger partial charge in [-0.15, -0.1) is 0 Å². The molecule has 111 heavy (non-hydrogen) atoms. The van der Waals surface area contributed by atoms with Gasteiger partial charge >= 0.3 is 0 Å². The van der Waals surface area contributed by atoms with Gasteiger partial charge in [-0.2, -0.15) is 0 Å². The summed E-state index contributed by atoms with van der Waals surface area (Å²) in [5.74, 6) is 0.198. The van der Waals surface area contributed by atoms with Crippen LogP contribution in [0.15, 0.2) is 364 Å². The summed E-state index contributed by atoms with van der Waals surface area (Å²) in [6.45, 7) is 13.9. The monoisotopic (exact) mass is 1420 g/mol. The molecule has 4 heterocycles. The smallest absolute Gasteiger partial charge is 0.252 e. The fourth-order valence-electron chi connectivity index (χ4n) is 19.7. The third-order valence-corrected chi connectivity index (χ3v) is 24.8. The van der Waals surface area contributed by atoms with Gasteiger partial charge in [0.15, 0.2) is 0 Å². The molecular formula is C106H79BN4. The zero-order valence-corrected chi connectivity index (χ0v) is 63.1. The number of hydrogen-bond donors (Lipinski definition) is 0. The number of allylic oxidation sites excluding steroid dienone is 8. The molecule has 0 N–H and O–H groups in total. The highest BCUT2D eigenvalue weighted by atomic mass is 15.2. The SMILES string of the molecule is CC(C)(C)c1cc(-c2ccccc2)c(N2c3ccc(C4=CC=C5C=CC=C6c7cccc8cccc(c78)C4C56)cc3B3c4ccc(-n5c6ccccc6c6ccccc65)cc4N(c4c(-c5ccccc5)cc(C(C)(C)C)cc4-c4ccccc4)c4cc(-n5c6ccccc6c6ccccc65)cc2c43)c(-c2ccccc2)c1. The molecule has 0 saturated carbocycles. The average Bonchev–Trinajstić information content (AvgIpc) is 0.808. The Bertz CT molecular complexity index is 6680. The quantitative estimate of drug-likeness (QED) is 0.134. The minimum Gasteiger partial charge on any atom is -0.310 e. The molecule has 5 aliphatic rings. The lowest BCUT2D eigenvalue weighted by atomic mass is 9.33. The van der Waals surface area contributed by atoms with E-state index >= 15 is 0 Å². The first-order chi connectivity index (χ1) is 54.4. The number of para-hydroxylation sites is 4. The molecule has 2 aliphatic heterocycles. The summed E-state index contributed by atoms with van der Waals surface area (Å²) in [5.41, 5.74) is 36.5. The van der Waals surface area contributed by atoms with E-state index in [1.165, 1.54) is 93.2 Å². The standard InChI is InChI=1S/C106H79BN4/c1-105(2,3)73-59-85(66-30-11-7-12-31-66)103(86(60-73)67-32-13-8-14-33-67)110-95-57-53-72(77-55-52-71-40-28-46-83-82-45-27-38-70-39-29-47-84(99(70)82)101(77)100(71)83)58-90(95)107-89-56-54-75(108-91-48-23-19-41-78(91)79-42-20-24-49-92(79)108)63-96(89)111(98-65-76(64-97(110)102(98)107)109-93-50-25-21-43-80(93)81-44-22-26-51-94(81)109)104-87(68-34-15-9-16-35-68)61-74(106(4,5)6)62-88(104)69-36-17-10-18-37-69/h7-65,100-101H,1-6H3. The molecule has 3 aliphatic carbocycles. The Hall–Kier alpha value is -13.2. The van der Waals surface area contributed by atoms with E-state index in [0.717, 1.165) is 112 Å². The number of aromatic nitrogens is 2. The molecule has 0 radical (unpaired) electrons. The molecule has 4 nitrogen and oxygen atoms in total. The zero-order chi connectivity index (χ0) is 74.1. The molecule has 0 amide bonds. The van der Waals surface area contributed by atoms with Crippen molar-refractivity contribution in [1.82, 2.24) is 9.13 Å². The number of benzene rings is 15. The summed E-state index contributed by atoms with van der Waals surface area (Å²) in [5, 5.41) is 7.50. The predicted molar refractivity (Wildman–Crippen MR) is 472 cm³/mol. The third-order valence-electron chi connectivity index (χ3n) is 24.8. The molecule has 22 rings (SSSR count). The normalized spacial score (nSPS) is 15.4. The van der Waals surface area contributed by atoms with Crippen molar-refractivity contribution in [2.24, 2.45) is 5.92 Å². The van der Waals surface area contributed by atoms with Crippen LogP contribution in [0, 0.1) is 5.92 Å². The zero-order valence-electron chi connectivity index (χ0n) is 63.1. The number of anilines is 6. The second-order valence-electron chi connectivity index (χ2n) is 33.0. The molecule has 2 unspecified atom stereocenters. The average molecular weight is 1420 g/mol. The van der Waals surface area contributed by atoms with Crippen molar-refractivity contribution in [2.75, 3.05) is 9.80 Å². The molecule has 526 valence electrons. The fourth-order valence-corrected chi connectivity index (χ4v) is 19.7. The van der Waals surface area contributed by atoms with Gasteiger partial charge in [0.25, 0.3) is 6.71 Å². The molecule has 15 aromatic carbocycles. The number of rotatable bonds is 9. The van der Waals surface area contributed by atoms with Gasteiger partial charge < -0.3 is 18.9 Å². The van der Waals surface area contributed by atoms with Crippen molar-refractivity contribution < 1.29 is 0 Å². The molecule has 0 bridgehead atoms. The van der Waals surface area contributed by atoms with E-state index in [1.807, 2.05) is 0 Å². The van der Waals surface area contributed by atoms with Gasteiger partial charge in [0.2, 0.25) is 0 Å². The van der Waals surface area contributed by atoms with Crippen LogP contribution >= 0.6 is 0 Å². The van der Waals surface area contributed by atoms with Crippen molar-refractivity contribution in [1.29, 1.82) is 0 Å². The molecule has 0 spiro atoms. The second-order valence-corrected chi connectivity index (χ2v) is 33.0. The van der Waals surface area contributed by atoms with Crippen molar-refractivity contribution in [3.63, 3.8) is 0 Å². The van der Waals surface area contributed by atoms with E-state index in [2.05, 4.69) is 418 Å². The molecule has 17 aromatic rings. The Labute approximate surface area is 648 Å². The maximum absolute atomic E-state index is 2.75. The van der Waals surface area contributed by atoms with Crippen molar-refractivity contribution in [3.8, 4) is 55.9 Å². The van der Waals surface area contributed by atoms with Gasteiger partial charge in [-0.3, -0.25) is 0 Å². The summed E-state index contributed by atoms with van der Waals surface area (Å²) < 4.78 is 5.09. The van der Waals surface area contributed by atoms with E-state index in [0.29, 0.717) is 0 Å². The van der Waals surface area contributed by atoms with Crippen LogP contribution in [0.2, 0.25) is 0 Å². The Balaban J connectivity index is 0.937. The van der Waals surface area contributed by atoms with Crippen LogP contribution in [0.25, 0.3) is 121 Å². The van der Waals surface area contributed by atoms with Gasteiger partial charge in [0.1, 0.15) is 0 Å². The van der Waals surface area contributed by atoms with E-state index in [1.54, 1.807) is 0 Å². The molecule has 0 fully saturated rings. The molecule has 5 heteroatoms. The number of hydrogen-bond acceptors (Lipinski definition) is 2. The minimum absolute atomic E-state index is 0.0558. The summed E-state index contributed by atoms with van der Waals surface area (Å²) in [6, 6.07) is 125. The lowest BCUT2D eigenvalue weighted by molar-refractivity contribution is 0.590. The Morgan fingerprint density at radius 1 is 0.306 bits per heavy atom. The van der Waals surface area contributed by atoms with E-state index in [-0.39, 0.29) is 29.4 Å².